The predicted octanol–water partition coefficient (Wildman–Crippen LogP) is 4.91. The lowest BCUT2D eigenvalue weighted by Crippen LogP contribution is -2.41. The SMILES string of the molecule is COc1cc(CC(=O)NC(CCc2ccc(C(C)(C)C)cc2)OC(=O)C(C)(C)C)ccc1O. The molecular formula is C27H37NO5. The van der Waals surface area contributed by atoms with E-state index in [4.69, 9.17) is 9.47 Å². The number of aryl methyl sites for hydroxylation is 1. The number of nitrogens with one attached hydrogen (secondary N) is 1. The summed E-state index contributed by atoms with van der Waals surface area (Å²) in [6.45, 7) is 11.8. The molecule has 1 unspecified atom stereocenters. The van der Waals surface area contributed by atoms with Crippen molar-refractivity contribution < 1.29 is 24.2 Å². The summed E-state index contributed by atoms with van der Waals surface area (Å²) in [5, 5.41) is 12.6. The second-order valence-corrected chi connectivity index (χ2v) is 10.4. The van der Waals surface area contributed by atoms with Crippen LogP contribution in [0.25, 0.3) is 0 Å². The standard InChI is InChI=1S/C27H37NO5/c1-26(2,3)20-12-8-18(9-13-20)11-15-24(33-25(31)27(4,5)6)28-23(30)17-19-10-14-21(29)22(16-19)32-7/h8-10,12-14,16,24,29H,11,15,17H2,1-7H3,(H,28,30). The van der Waals surface area contributed by atoms with Gasteiger partial charge in [0, 0.05) is 6.42 Å². The van der Waals surface area contributed by atoms with E-state index in [0.717, 1.165) is 5.56 Å². The van der Waals surface area contributed by atoms with Gasteiger partial charge in [0.2, 0.25) is 5.91 Å². The highest BCUT2D eigenvalue weighted by Crippen LogP contribution is 2.26. The van der Waals surface area contributed by atoms with Crippen LogP contribution in [0, 0.1) is 5.41 Å². The van der Waals surface area contributed by atoms with E-state index in [9.17, 15) is 14.7 Å². The molecule has 6 nitrogen and oxygen atoms in total. The van der Waals surface area contributed by atoms with Crippen molar-refractivity contribution in [3.63, 3.8) is 0 Å². The number of rotatable bonds is 8. The van der Waals surface area contributed by atoms with E-state index in [1.807, 2.05) is 0 Å². The fourth-order valence-electron chi connectivity index (χ4n) is 3.18. The van der Waals surface area contributed by atoms with E-state index in [1.54, 1.807) is 32.9 Å². The molecule has 0 aromatic heterocycles. The van der Waals surface area contributed by atoms with Crippen molar-refractivity contribution in [2.45, 2.75) is 72.4 Å². The number of benzene rings is 2. The normalized spacial score (nSPS) is 12.7. The Bertz CT molecular complexity index is 952. The van der Waals surface area contributed by atoms with Crippen LogP contribution >= 0.6 is 0 Å². The van der Waals surface area contributed by atoms with Gasteiger partial charge in [-0.1, -0.05) is 51.1 Å². The zero-order valence-electron chi connectivity index (χ0n) is 20.8. The van der Waals surface area contributed by atoms with E-state index in [0.29, 0.717) is 24.2 Å². The Kier molecular flexibility index (Phi) is 8.53. The summed E-state index contributed by atoms with van der Waals surface area (Å²) in [6, 6.07) is 13.1. The fourth-order valence-corrected chi connectivity index (χ4v) is 3.18. The number of phenols is 1. The van der Waals surface area contributed by atoms with E-state index < -0.39 is 11.6 Å². The Balaban J connectivity index is 2.08. The molecule has 0 heterocycles. The molecule has 6 heteroatoms. The van der Waals surface area contributed by atoms with Gasteiger partial charge in [-0.2, -0.15) is 0 Å². The molecule has 0 aliphatic heterocycles. The first-order valence-corrected chi connectivity index (χ1v) is 11.3. The maximum absolute atomic E-state index is 12.7. The number of phenolic OH excluding ortho intramolecular Hbond substituents is 1. The molecule has 2 rings (SSSR count). The summed E-state index contributed by atoms with van der Waals surface area (Å²) in [5.74, 6) is -0.342. The highest BCUT2D eigenvalue weighted by atomic mass is 16.6. The molecule has 1 atom stereocenters. The summed E-state index contributed by atoms with van der Waals surface area (Å²) in [6.07, 6.45) is 0.437. The predicted molar refractivity (Wildman–Crippen MR) is 129 cm³/mol. The smallest absolute Gasteiger partial charge is 0.313 e. The molecule has 0 saturated carbocycles. The molecule has 2 N–H and O–H groups in total. The Morgan fingerprint density at radius 3 is 2.12 bits per heavy atom. The van der Waals surface area contributed by atoms with Crippen molar-refractivity contribution in [3.05, 3.63) is 59.2 Å². The molecule has 0 saturated heterocycles. The van der Waals surface area contributed by atoms with Gasteiger partial charge in [0.25, 0.3) is 0 Å². The molecule has 0 aliphatic rings. The van der Waals surface area contributed by atoms with Gasteiger partial charge in [-0.05, 0) is 61.4 Å². The molecule has 0 radical (unpaired) electrons. The molecule has 2 aromatic rings. The van der Waals surface area contributed by atoms with Crippen LogP contribution in [-0.4, -0.2) is 30.3 Å². The molecule has 0 spiro atoms. The van der Waals surface area contributed by atoms with Crippen molar-refractivity contribution in [2.75, 3.05) is 7.11 Å². The molecular weight excluding hydrogens is 418 g/mol. The second-order valence-electron chi connectivity index (χ2n) is 10.4. The zero-order valence-corrected chi connectivity index (χ0v) is 20.8. The van der Waals surface area contributed by atoms with Crippen LogP contribution < -0.4 is 10.1 Å². The van der Waals surface area contributed by atoms with Crippen molar-refractivity contribution in [2.24, 2.45) is 5.41 Å². The molecule has 33 heavy (non-hydrogen) atoms. The Hall–Kier alpha value is -3.02. The lowest BCUT2D eigenvalue weighted by molar-refractivity contribution is -0.161. The lowest BCUT2D eigenvalue weighted by atomic mass is 9.86. The van der Waals surface area contributed by atoms with E-state index >= 15 is 0 Å². The molecule has 0 bridgehead atoms. The van der Waals surface area contributed by atoms with Crippen molar-refractivity contribution >= 4 is 11.9 Å². The topological polar surface area (TPSA) is 84.9 Å². The third-order valence-corrected chi connectivity index (χ3v) is 5.31. The lowest BCUT2D eigenvalue weighted by Gasteiger charge is -2.24. The van der Waals surface area contributed by atoms with Crippen LogP contribution in [0.15, 0.2) is 42.5 Å². The van der Waals surface area contributed by atoms with Crippen LogP contribution in [0.1, 0.15) is 64.7 Å². The highest BCUT2D eigenvalue weighted by Gasteiger charge is 2.27. The van der Waals surface area contributed by atoms with Gasteiger partial charge in [0.1, 0.15) is 0 Å². The Labute approximate surface area is 197 Å². The first-order chi connectivity index (χ1) is 15.3. The van der Waals surface area contributed by atoms with Crippen molar-refractivity contribution in [1.29, 1.82) is 0 Å². The Morgan fingerprint density at radius 2 is 1.58 bits per heavy atom. The highest BCUT2D eigenvalue weighted by molar-refractivity contribution is 5.80. The van der Waals surface area contributed by atoms with Gasteiger partial charge in [0.15, 0.2) is 17.7 Å². The van der Waals surface area contributed by atoms with Crippen LogP contribution in [0.4, 0.5) is 0 Å². The van der Waals surface area contributed by atoms with Crippen molar-refractivity contribution in [1.82, 2.24) is 5.32 Å². The summed E-state index contributed by atoms with van der Waals surface area (Å²) in [7, 11) is 1.45. The van der Waals surface area contributed by atoms with Gasteiger partial charge in [0.05, 0.1) is 18.9 Å². The minimum absolute atomic E-state index is 0.0103. The second kappa shape index (κ2) is 10.7. The fraction of sp³-hybridized carbons (Fsp3) is 0.481. The van der Waals surface area contributed by atoms with Crippen molar-refractivity contribution in [3.8, 4) is 11.5 Å². The summed E-state index contributed by atoms with van der Waals surface area (Å²) < 4.78 is 10.8. The average Bonchev–Trinajstić information content (AvgIpc) is 2.72. The zero-order chi connectivity index (χ0) is 24.8. The molecule has 1 amide bonds. The maximum atomic E-state index is 12.7. The minimum Gasteiger partial charge on any atom is -0.504 e. The van der Waals surface area contributed by atoms with Gasteiger partial charge >= 0.3 is 5.97 Å². The first-order valence-electron chi connectivity index (χ1n) is 11.3. The number of ether oxygens (including phenoxy) is 2. The summed E-state index contributed by atoms with van der Waals surface area (Å²) >= 11 is 0. The minimum atomic E-state index is -0.745. The van der Waals surface area contributed by atoms with Gasteiger partial charge < -0.3 is 19.9 Å². The third-order valence-electron chi connectivity index (χ3n) is 5.31. The number of carbonyl (C=O) groups is 2. The number of carbonyl (C=O) groups excluding carboxylic acids is 2. The number of aromatic hydroxyl groups is 1. The third kappa shape index (κ3) is 8.12. The molecule has 0 fully saturated rings. The molecule has 180 valence electrons. The average molecular weight is 456 g/mol. The summed E-state index contributed by atoms with van der Waals surface area (Å²) in [4.78, 5) is 25.2. The van der Waals surface area contributed by atoms with E-state index in [-0.39, 0.29) is 29.5 Å². The molecule has 0 aliphatic carbocycles. The number of amides is 1. The number of esters is 1. The Morgan fingerprint density at radius 1 is 0.970 bits per heavy atom. The summed E-state index contributed by atoms with van der Waals surface area (Å²) in [5.41, 5.74) is 2.44. The van der Waals surface area contributed by atoms with Gasteiger partial charge in [-0.3, -0.25) is 9.59 Å². The number of methoxy groups -OCH3 is 1. The monoisotopic (exact) mass is 455 g/mol. The van der Waals surface area contributed by atoms with Crippen LogP contribution in [0.2, 0.25) is 0 Å². The first kappa shape index (κ1) is 26.2. The molecule has 2 aromatic carbocycles. The van der Waals surface area contributed by atoms with Gasteiger partial charge in [-0.15, -0.1) is 0 Å². The van der Waals surface area contributed by atoms with Crippen LogP contribution in [0.3, 0.4) is 0 Å². The largest absolute Gasteiger partial charge is 0.504 e. The quantitative estimate of drug-likeness (QED) is 0.437. The number of hydrogen-bond acceptors (Lipinski definition) is 5. The number of hydrogen-bond donors (Lipinski definition) is 2. The maximum Gasteiger partial charge on any atom is 0.313 e. The van der Waals surface area contributed by atoms with E-state index in [1.165, 1.54) is 18.7 Å². The van der Waals surface area contributed by atoms with Crippen LogP contribution in [0.5, 0.6) is 11.5 Å². The van der Waals surface area contributed by atoms with Crippen LogP contribution in [-0.2, 0) is 32.6 Å². The van der Waals surface area contributed by atoms with E-state index in [2.05, 4.69) is 50.4 Å². The van der Waals surface area contributed by atoms with Gasteiger partial charge in [-0.25, -0.2) is 0 Å².